The zero-order valence-corrected chi connectivity index (χ0v) is 26.1. The molecule has 0 radical (unpaired) electrons. The number of halogens is 5. The van der Waals surface area contributed by atoms with Crippen LogP contribution in [0.2, 0.25) is 0 Å². The van der Waals surface area contributed by atoms with E-state index in [2.05, 4.69) is 16.5 Å². The van der Waals surface area contributed by atoms with E-state index >= 15 is 4.39 Å². The number of aryl methyl sites for hydroxylation is 1. The third-order valence-corrected chi connectivity index (χ3v) is 9.83. The van der Waals surface area contributed by atoms with Crippen LogP contribution in [0.4, 0.5) is 27.8 Å². The molecule has 46 heavy (non-hydrogen) atoms. The molecule has 1 saturated heterocycles. The van der Waals surface area contributed by atoms with Crippen molar-refractivity contribution in [2.45, 2.75) is 56.4 Å². The van der Waals surface area contributed by atoms with Gasteiger partial charge in [0, 0.05) is 82.8 Å². The number of anilines is 1. The maximum atomic E-state index is 15.3. The molecule has 4 heterocycles. The quantitative estimate of drug-likeness (QED) is 0.183. The molecule has 0 spiro atoms. The van der Waals surface area contributed by atoms with Crippen LogP contribution in [0.15, 0.2) is 64.9 Å². The number of carbonyl (C=O) groups is 1. The topological polar surface area (TPSA) is 71.3 Å². The first-order chi connectivity index (χ1) is 21.8. The van der Waals surface area contributed by atoms with Gasteiger partial charge < -0.3 is 9.80 Å². The monoisotopic (exact) mass is 655 g/mol. The van der Waals surface area contributed by atoms with Gasteiger partial charge in [0.1, 0.15) is 17.5 Å². The van der Waals surface area contributed by atoms with E-state index in [9.17, 15) is 27.2 Å². The third kappa shape index (κ3) is 5.54. The lowest BCUT2D eigenvalue weighted by molar-refractivity contribution is -0.137. The Bertz CT molecular complexity index is 1930. The molecule has 240 valence electrons. The minimum atomic E-state index is -4.94. The molecule has 7 nitrogen and oxygen atoms in total. The van der Waals surface area contributed by atoms with Crippen LogP contribution in [0.3, 0.4) is 0 Å². The molecule has 1 unspecified atom stereocenters. The molecule has 6 rings (SSSR count). The SMILES string of the molecule is C=CC(=O)N1C(C)CN(c2nc(=O)n3c4c(c(-c5ccc(F)cc5F)c(C(F)(F)F)cc24)SC[C@@H](c2ccnc(C)c2)C3)C[C@@H]1C. The Balaban J connectivity index is 1.65. The summed E-state index contributed by atoms with van der Waals surface area (Å²) in [6, 6.07) is 6.30. The second-order valence-corrected chi connectivity index (χ2v) is 12.8. The fourth-order valence-corrected chi connectivity index (χ4v) is 8.03. The van der Waals surface area contributed by atoms with E-state index < -0.39 is 40.2 Å². The maximum Gasteiger partial charge on any atom is 0.417 e. The summed E-state index contributed by atoms with van der Waals surface area (Å²) in [5.41, 5.74) is -0.896. The number of aromatic nitrogens is 3. The normalized spacial score (nSPS) is 20.1. The number of rotatable bonds is 4. The van der Waals surface area contributed by atoms with Gasteiger partial charge in [-0.2, -0.15) is 18.2 Å². The van der Waals surface area contributed by atoms with Crippen molar-refractivity contribution >= 4 is 34.4 Å². The lowest BCUT2D eigenvalue weighted by atomic mass is 9.95. The number of nitrogens with zero attached hydrogens (tertiary/aromatic N) is 5. The number of alkyl halides is 3. The average molecular weight is 656 g/mol. The number of hydrogen-bond acceptors (Lipinski definition) is 6. The first-order valence-corrected chi connectivity index (χ1v) is 15.7. The molecule has 4 aromatic rings. The number of pyridine rings is 1. The number of thioether (sulfide) groups is 1. The minimum absolute atomic E-state index is 0.0531. The van der Waals surface area contributed by atoms with E-state index in [0.717, 1.165) is 41.2 Å². The van der Waals surface area contributed by atoms with Gasteiger partial charge in [-0.15, -0.1) is 11.8 Å². The molecule has 0 bridgehead atoms. The van der Waals surface area contributed by atoms with Gasteiger partial charge in [-0.25, -0.2) is 13.6 Å². The van der Waals surface area contributed by atoms with Gasteiger partial charge in [-0.3, -0.25) is 14.3 Å². The molecule has 13 heteroatoms. The van der Waals surface area contributed by atoms with Crippen molar-refractivity contribution in [3.8, 4) is 11.1 Å². The van der Waals surface area contributed by atoms with Crippen molar-refractivity contribution < 1.29 is 26.7 Å². The Morgan fingerprint density at radius 1 is 1.07 bits per heavy atom. The first-order valence-electron chi connectivity index (χ1n) is 14.7. The zero-order valence-electron chi connectivity index (χ0n) is 25.2. The minimum Gasteiger partial charge on any atom is -0.352 e. The molecular formula is C33H30F5N5O2S. The summed E-state index contributed by atoms with van der Waals surface area (Å²) in [5.74, 6) is -2.36. The molecule has 2 aliphatic rings. The number of piperazine rings is 1. The molecule has 0 saturated carbocycles. The summed E-state index contributed by atoms with van der Waals surface area (Å²) in [4.78, 5) is 38.5. The maximum absolute atomic E-state index is 15.3. The highest BCUT2D eigenvalue weighted by atomic mass is 32.2. The standard InChI is InChI=1S/C33H30F5N5O2S/c1-5-27(44)43-18(3)13-41(14-19(43)4)31-24-12-25(33(36,37)38)28(23-7-6-22(34)11-26(23)35)30-29(24)42(32(45)40-31)15-21(16-46-30)20-8-9-39-17(2)10-20/h5-12,18-19,21H,1,13-16H2,2-4H3/t18-,19?,21-/m0/s1. The largest absolute Gasteiger partial charge is 0.417 e. The highest BCUT2D eigenvalue weighted by molar-refractivity contribution is 7.99. The summed E-state index contributed by atoms with van der Waals surface area (Å²) in [6.45, 7) is 9.51. The number of carbonyl (C=O) groups excluding carboxylic acids is 1. The van der Waals surface area contributed by atoms with Gasteiger partial charge >= 0.3 is 11.9 Å². The number of amides is 1. The van der Waals surface area contributed by atoms with E-state index in [1.807, 2.05) is 13.0 Å². The lowest BCUT2D eigenvalue weighted by Gasteiger charge is -2.44. The van der Waals surface area contributed by atoms with Crippen molar-refractivity contribution in [3.05, 3.63) is 94.2 Å². The van der Waals surface area contributed by atoms with Crippen LogP contribution in [0.5, 0.6) is 0 Å². The molecule has 1 fully saturated rings. The third-order valence-electron chi connectivity index (χ3n) is 8.58. The van der Waals surface area contributed by atoms with Crippen LogP contribution in [0, 0.1) is 18.6 Å². The lowest BCUT2D eigenvalue weighted by Crippen LogP contribution is -2.58. The van der Waals surface area contributed by atoms with Gasteiger partial charge in [0.25, 0.3) is 0 Å². The van der Waals surface area contributed by atoms with Crippen molar-refractivity contribution in [1.29, 1.82) is 0 Å². The second-order valence-electron chi connectivity index (χ2n) is 11.8. The van der Waals surface area contributed by atoms with Crippen molar-refractivity contribution in [1.82, 2.24) is 19.4 Å². The molecule has 1 amide bonds. The smallest absolute Gasteiger partial charge is 0.352 e. The van der Waals surface area contributed by atoms with Crippen molar-refractivity contribution in [2.75, 3.05) is 23.7 Å². The van der Waals surface area contributed by atoms with Crippen LogP contribution in [-0.4, -0.2) is 56.3 Å². The van der Waals surface area contributed by atoms with Crippen LogP contribution < -0.4 is 10.6 Å². The van der Waals surface area contributed by atoms with Gasteiger partial charge in [0.2, 0.25) is 5.91 Å². The number of benzene rings is 2. The molecular weight excluding hydrogens is 625 g/mol. The molecule has 0 aliphatic carbocycles. The summed E-state index contributed by atoms with van der Waals surface area (Å²) in [5, 5.41) is 0.0788. The van der Waals surface area contributed by atoms with Crippen LogP contribution in [-0.2, 0) is 17.5 Å². The Hall–Kier alpha value is -4.26. The Kier molecular flexibility index (Phi) is 8.16. The molecule has 2 aromatic heterocycles. The summed E-state index contributed by atoms with van der Waals surface area (Å²) >= 11 is 1.10. The summed E-state index contributed by atoms with van der Waals surface area (Å²) < 4.78 is 75.6. The Morgan fingerprint density at radius 2 is 1.78 bits per heavy atom. The fraction of sp³-hybridized carbons (Fsp3) is 0.333. The van der Waals surface area contributed by atoms with E-state index in [1.54, 1.807) is 35.9 Å². The molecule has 3 atom stereocenters. The average Bonchev–Trinajstić information content (AvgIpc) is 3.19. The van der Waals surface area contributed by atoms with E-state index in [0.29, 0.717) is 6.07 Å². The van der Waals surface area contributed by atoms with Crippen molar-refractivity contribution in [2.24, 2.45) is 0 Å². The van der Waals surface area contributed by atoms with Gasteiger partial charge in [0.15, 0.2) is 0 Å². The predicted octanol–water partition coefficient (Wildman–Crippen LogP) is 6.57. The molecule has 2 aliphatic heterocycles. The predicted molar refractivity (Wildman–Crippen MR) is 167 cm³/mol. The van der Waals surface area contributed by atoms with Crippen LogP contribution in [0.25, 0.3) is 22.0 Å². The van der Waals surface area contributed by atoms with Gasteiger partial charge in [-0.1, -0.05) is 6.58 Å². The first kappa shape index (κ1) is 31.7. The van der Waals surface area contributed by atoms with Gasteiger partial charge in [0.05, 0.1) is 11.1 Å². The van der Waals surface area contributed by atoms with E-state index in [1.165, 1.54) is 10.6 Å². The van der Waals surface area contributed by atoms with Crippen LogP contribution >= 0.6 is 11.8 Å². The second kappa shape index (κ2) is 11.8. The summed E-state index contributed by atoms with van der Waals surface area (Å²) in [6.07, 6.45) is -2.10. The molecule has 0 N–H and O–H groups in total. The van der Waals surface area contributed by atoms with Gasteiger partial charge in [-0.05, 0) is 62.7 Å². The zero-order chi connectivity index (χ0) is 33.1. The summed E-state index contributed by atoms with van der Waals surface area (Å²) in [7, 11) is 0. The Labute approximate surface area is 265 Å². The fourth-order valence-electron chi connectivity index (χ4n) is 6.64. The molecule has 2 aromatic carbocycles. The van der Waals surface area contributed by atoms with E-state index in [4.69, 9.17) is 0 Å². The van der Waals surface area contributed by atoms with E-state index in [-0.39, 0.29) is 70.9 Å². The van der Waals surface area contributed by atoms with Crippen molar-refractivity contribution in [3.63, 3.8) is 0 Å². The highest BCUT2D eigenvalue weighted by Gasteiger charge is 2.40. The Morgan fingerprint density at radius 3 is 2.41 bits per heavy atom. The number of hydrogen-bond donors (Lipinski definition) is 0. The highest BCUT2D eigenvalue weighted by Crippen LogP contribution is 2.50. The van der Waals surface area contributed by atoms with Crippen LogP contribution in [0.1, 0.15) is 36.6 Å².